The van der Waals surface area contributed by atoms with Gasteiger partial charge < -0.3 is 15.8 Å². The van der Waals surface area contributed by atoms with Crippen LogP contribution in [0.2, 0.25) is 0 Å². The third-order valence-electron chi connectivity index (χ3n) is 5.99. The fourth-order valence-electron chi connectivity index (χ4n) is 4.30. The third kappa shape index (κ3) is 3.61. The minimum atomic E-state index is -0.279. The summed E-state index contributed by atoms with van der Waals surface area (Å²) in [4.78, 5) is 22.1. The molecule has 4 aromatic rings. The number of aromatic nitrogens is 5. The first-order valence-corrected chi connectivity index (χ1v) is 10.5. The highest BCUT2D eigenvalue weighted by Gasteiger charge is 2.22. The monoisotopic (exact) mass is 419 g/mol. The molecule has 2 atom stereocenters. The Morgan fingerprint density at radius 3 is 2.74 bits per heavy atom. The highest BCUT2D eigenvalue weighted by Crippen LogP contribution is 2.24. The first-order chi connectivity index (χ1) is 15.1. The second-order valence-electron chi connectivity index (χ2n) is 8.01. The summed E-state index contributed by atoms with van der Waals surface area (Å²) in [6.07, 6.45) is 7.56. The van der Waals surface area contributed by atoms with Gasteiger partial charge in [-0.15, -0.1) is 0 Å². The van der Waals surface area contributed by atoms with Crippen LogP contribution < -0.4 is 21.5 Å². The molecule has 1 aromatic carbocycles. The van der Waals surface area contributed by atoms with Crippen molar-refractivity contribution in [2.24, 2.45) is 5.73 Å². The van der Waals surface area contributed by atoms with Crippen molar-refractivity contribution in [1.82, 2.24) is 24.1 Å². The Hall–Kier alpha value is -3.46. The quantitative estimate of drug-likeness (QED) is 0.510. The largest absolute Gasteiger partial charge is 0.497 e. The number of nitrogens with zero attached hydrogens (tertiary/aromatic N) is 5. The van der Waals surface area contributed by atoms with Gasteiger partial charge in [0.25, 0.3) is 0 Å². The summed E-state index contributed by atoms with van der Waals surface area (Å²) in [6.45, 7) is 0.363. The van der Waals surface area contributed by atoms with Crippen molar-refractivity contribution in [1.29, 1.82) is 0 Å². The fourth-order valence-corrected chi connectivity index (χ4v) is 4.30. The lowest BCUT2D eigenvalue weighted by Crippen LogP contribution is -2.42. The summed E-state index contributed by atoms with van der Waals surface area (Å²) in [5, 5.41) is 8.43. The van der Waals surface area contributed by atoms with Crippen LogP contribution in [0.15, 0.2) is 47.7 Å². The number of nitrogens with one attached hydrogen (secondary N) is 1. The van der Waals surface area contributed by atoms with Gasteiger partial charge in [-0.1, -0.05) is 25.0 Å². The van der Waals surface area contributed by atoms with E-state index in [1.165, 1.54) is 23.7 Å². The van der Waals surface area contributed by atoms with Crippen molar-refractivity contribution in [3.8, 4) is 5.75 Å². The van der Waals surface area contributed by atoms with Gasteiger partial charge in [0.1, 0.15) is 17.7 Å². The summed E-state index contributed by atoms with van der Waals surface area (Å²) < 4.78 is 8.17. The van der Waals surface area contributed by atoms with Gasteiger partial charge in [0.15, 0.2) is 5.65 Å². The molecule has 0 spiro atoms. The topological polar surface area (TPSA) is 112 Å². The molecule has 0 unspecified atom stereocenters. The smallest absolute Gasteiger partial charge is 0.352 e. The maximum atomic E-state index is 13.1. The minimum absolute atomic E-state index is 0.126. The molecule has 0 radical (unpaired) electrons. The molecule has 3 heterocycles. The van der Waals surface area contributed by atoms with Gasteiger partial charge in [0, 0.05) is 12.1 Å². The SMILES string of the molecule is COc1ccc(Cn2c(=O)n3ncnc3c3cc(N[C@H]4CCCC[C@@H]4N)cnc32)cc1. The predicted octanol–water partition coefficient (Wildman–Crippen LogP) is 2.18. The first-order valence-electron chi connectivity index (χ1n) is 10.5. The normalized spacial score (nSPS) is 19.0. The zero-order valence-corrected chi connectivity index (χ0v) is 17.4. The zero-order chi connectivity index (χ0) is 21.4. The van der Waals surface area contributed by atoms with E-state index in [4.69, 9.17) is 10.5 Å². The van der Waals surface area contributed by atoms with Crippen LogP contribution in [0.3, 0.4) is 0 Å². The van der Waals surface area contributed by atoms with E-state index in [2.05, 4.69) is 20.4 Å². The zero-order valence-electron chi connectivity index (χ0n) is 17.4. The first kappa shape index (κ1) is 19.5. The van der Waals surface area contributed by atoms with Gasteiger partial charge in [-0.3, -0.25) is 4.57 Å². The Labute approximate surface area is 178 Å². The number of anilines is 1. The van der Waals surface area contributed by atoms with Crippen LogP contribution in [0, 0.1) is 0 Å². The fraction of sp³-hybridized carbons (Fsp3) is 0.364. The number of rotatable bonds is 5. The van der Waals surface area contributed by atoms with Crippen LogP contribution >= 0.6 is 0 Å². The van der Waals surface area contributed by atoms with Gasteiger partial charge in [-0.2, -0.15) is 9.61 Å². The maximum absolute atomic E-state index is 13.1. The van der Waals surface area contributed by atoms with Crippen molar-refractivity contribution in [2.75, 3.05) is 12.4 Å². The number of nitrogens with two attached hydrogens (primary N) is 1. The molecule has 31 heavy (non-hydrogen) atoms. The van der Waals surface area contributed by atoms with Gasteiger partial charge in [-0.25, -0.2) is 14.8 Å². The Kier molecular flexibility index (Phi) is 5.03. The molecule has 5 rings (SSSR count). The van der Waals surface area contributed by atoms with E-state index >= 15 is 0 Å². The molecule has 3 N–H and O–H groups in total. The summed E-state index contributed by atoms with van der Waals surface area (Å²) >= 11 is 0. The van der Waals surface area contributed by atoms with Crippen LogP contribution in [0.5, 0.6) is 5.75 Å². The maximum Gasteiger partial charge on any atom is 0.352 e. The van der Waals surface area contributed by atoms with Crippen molar-refractivity contribution in [3.05, 3.63) is 58.9 Å². The standard InChI is InChI=1S/C22H25N7O2/c1-31-16-8-6-14(7-9-16)12-28-20-17(21-25-13-26-29(21)22(28)30)10-15(11-24-20)27-19-5-3-2-4-18(19)23/h6-11,13,18-19,27H,2-5,12,23H2,1H3/t18-,19-/m0/s1. The molecule has 0 amide bonds. The Balaban J connectivity index is 1.58. The molecule has 3 aromatic heterocycles. The van der Waals surface area contributed by atoms with Crippen molar-refractivity contribution in [3.63, 3.8) is 0 Å². The molecule has 1 aliphatic rings. The number of methoxy groups -OCH3 is 1. The van der Waals surface area contributed by atoms with Gasteiger partial charge >= 0.3 is 5.69 Å². The highest BCUT2D eigenvalue weighted by atomic mass is 16.5. The van der Waals surface area contributed by atoms with Crippen molar-refractivity contribution >= 4 is 22.4 Å². The molecule has 1 aliphatic carbocycles. The number of hydrogen-bond donors (Lipinski definition) is 2. The average molecular weight is 419 g/mol. The van der Waals surface area contributed by atoms with Crippen LogP contribution in [0.1, 0.15) is 31.2 Å². The summed E-state index contributed by atoms with van der Waals surface area (Å²) in [5.74, 6) is 0.766. The predicted molar refractivity (Wildman–Crippen MR) is 118 cm³/mol. The lowest BCUT2D eigenvalue weighted by molar-refractivity contribution is 0.404. The molecular weight excluding hydrogens is 394 g/mol. The van der Waals surface area contributed by atoms with E-state index in [-0.39, 0.29) is 17.8 Å². The molecule has 0 saturated heterocycles. The van der Waals surface area contributed by atoms with Crippen molar-refractivity contribution < 1.29 is 4.74 Å². The molecule has 160 valence electrons. The van der Waals surface area contributed by atoms with E-state index in [1.807, 2.05) is 30.3 Å². The number of ether oxygens (including phenoxy) is 1. The second-order valence-corrected chi connectivity index (χ2v) is 8.01. The van der Waals surface area contributed by atoms with E-state index in [1.54, 1.807) is 17.9 Å². The summed E-state index contributed by atoms with van der Waals surface area (Å²) in [6, 6.07) is 9.94. The van der Waals surface area contributed by atoms with Gasteiger partial charge in [-0.05, 0) is 36.6 Å². The van der Waals surface area contributed by atoms with Crippen LogP contribution in [0.4, 0.5) is 5.69 Å². The number of hydrogen-bond acceptors (Lipinski definition) is 7. The Bertz CT molecular complexity index is 1280. The Morgan fingerprint density at radius 2 is 1.97 bits per heavy atom. The summed E-state index contributed by atoms with van der Waals surface area (Å²) in [7, 11) is 1.63. The molecule has 1 fully saturated rings. The number of pyridine rings is 1. The van der Waals surface area contributed by atoms with E-state index in [0.717, 1.165) is 35.2 Å². The number of benzene rings is 1. The molecular formula is C22H25N7O2. The van der Waals surface area contributed by atoms with E-state index in [9.17, 15) is 4.79 Å². The lowest BCUT2D eigenvalue weighted by Gasteiger charge is -2.30. The molecule has 9 heteroatoms. The van der Waals surface area contributed by atoms with Gasteiger partial charge in [0.05, 0.1) is 30.9 Å². The average Bonchev–Trinajstić information content (AvgIpc) is 3.29. The van der Waals surface area contributed by atoms with Gasteiger partial charge in [0.2, 0.25) is 0 Å². The Morgan fingerprint density at radius 1 is 1.16 bits per heavy atom. The molecule has 1 saturated carbocycles. The molecule has 9 nitrogen and oxygen atoms in total. The van der Waals surface area contributed by atoms with Crippen molar-refractivity contribution in [2.45, 2.75) is 44.3 Å². The van der Waals surface area contributed by atoms with Crippen LogP contribution in [-0.4, -0.2) is 43.3 Å². The van der Waals surface area contributed by atoms with E-state index < -0.39 is 0 Å². The molecule has 0 bridgehead atoms. The minimum Gasteiger partial charge on any atom is -0.497 e. The third-order valence-corrected chi connectivity index (χ3v) is 5.99. The van der Waals surface area contributed by atoms with Crippen LogP contribution in [-0.2, 0) is 6.54 Å². The lowest BCUT2D eigenvalue weighted by atomic mass is 9.91. The summed E-state index contributed by atoms with van der Waals surface area (Å²) in [5.41, 5.74) is 8.91. The van der Waals surface area contributed by atoms with Crippen LogP contribution in [0.25, 0.3) is 16.7 Å². The molecule has 0 aliphatic heterocycles. The highest BCUT2D eigenvalue weighted by molar-refractivity contribution is 5.91. The second kappa shape index (κ2) is 7.99. The van der Waals surface area contributed by atoms with E-state index in [0.29, 0.717) is 17.8 Å². The number of fused-ring (bicyclic) bond motifs is 3.